The minimum Gasteiger partial charge on any atom is -0.0654 e. The smallest absolute Gasteiger partial charge is 0 e. The molecule has 2 radical (unpaired) electrons. The Labute approximate surface area is 76.7 Å². The van der Waals surface area contributed by atoms with Gasteiger partial charge in [-0.2, -0.15) is 0 Å². The topological polar surface area (TPSA) is 0 Å². The molecule has 0 bridgehead atoms. The Morgan fingerprint density at radius 1 is 1.29 bits per heavy atom. The molecule has 0 saturated carbocycles. The van der Waals surface area contributed by atoms with Gasteiger partial charge < -0.3 is 0 Å². The number of hydrogen-bond donors (Lipinski definition) is 0. The second-order valence-electron chi connectivity index (χ2n) is 1.56. The summed E-state index contributed by atoms with van der Waals surface area (Å²) in [5.41, 5.74) is 0. The first-order valence-electron chi connectivity index (χ1n) is 2.71. The second-order valence-corrected chi connectivity index (χ2v) is 1.56. The van der Waals surface area contributed by atoms with Crippen LogP contribution < -0.4 is 0 Å². The van der Waals surface area contributed by atoms with Crippen LogP contribution in [0.2, 0.25) is 0 Å². The monoisotopic (exact) mass is 250 g/mol. The standard InChI is InChI=1S/C6H13.Ho/c1-3-5-6-4-2;/h1,3-6H2,2H3;. The van der Waals surface area contributed by atoms with E-state index in [2.05, 4.69) is 13.8 Å². The maximum absolute atomic E-state index is 3.72. The van der Waals surface area contributed by atoms with Crippen LogP contribution in [0.4, 0.5) is 0 Å². The summed E-state index contributed by atoms with van der Waals surface area (Å²) in [5.74, 6) is 0. The van der Waals surface area contributed by atoms with E-state index in [0.29, 0.717) is 0 Å². The molecule has 48 valence electrons. The van der Waals surface area contributed by atoms with Crippen LogP contribution in [0, 0.1) is 44.7 Å². The van der Waals surface area contributed by atoms with Crippen molar-refractivity contribution < 1.29 is 37.7 Å². The van der Waals surface area contributed by atoms with Gasteiger partial charge in [-0.15, -0.1) is 0 Å². The van der Waals surface area contributed by atoms with E-state index in [4.69, 9.17) is 0 Å². The van der Waals surface area contributed by atoms with Crippen molar-refractivity contribution in [2.24, 2.45) is 0 Å². The largest absolute Gasteiger partial charge is 0.0654 e. The summed E-state index contributed by atoms with van der Waals surface area (Å²) in [5, 5.41) is 0. The Balaban J connectivity index is 0. The van der Waals surface area contributed by atoms with Crippen molar-refractivity contribution in [2.75, 3.05) is 0 Å². The fourth-order valence-electron chi connectivity index (χ4n) is 0.427. The van der Waals surface area contributed by atoms with Gasteiger partial charge in [-0.25, -0.2) is 0 Å². The van der Waals surface area contributed by atoms with Gasteiger partial charge >= 0.3 is 0 Å². The minimum atomic E-state index is 0. The molecule has 0 heterocycles. The zero-order chi connectivity index (χ0) is 4.83. The minimum absolute atomic E-state index is 0. The van der Waals surface area contributed by atoms with Crippen LogP contribution >= 0.6 is 0 Å². The Kier molecular flexibility index (Phi) is 16.3. The first kappa shape index (κ1) is 11.1. The van der Waals surface area contributed by atoms with Crippen molar-refractivity contribution in [3.05, 3.63) is 6.92 Å². The fraction of sp³-hybridized carbons (Fsp3) is 0.833. The van der Waals surface area contributed by atoms with Gasteiger partial charge in [-0.3, -0.25) is 0 Å². The average Bonchev–Trinajstić information content (AvgIpc) is 1.61. The molecular formula is C6H13Ho. The first-order valence-corrected chi connectivity index (χ1v) is 2.71. The molecule has 0 fully saturated rings. The third-order valence-electron chi connectivity index (χ3n) is 0.854. The average molecular weight is 250 g/mol. The summed E-state index contributed by atoms with van der Waals surface area (Å²) < 4.78 is 0. The van der Waals surface area contributed by atoms with Crippen LogP contribution in [0.25, 0.3) is 0 Å². The molecule has 0 saturated heterocycles. The van der Waals surface area contributed by atoms with Crippen LogP contribution in [0.1, 0.15) is 32.6 Å². The van der Waals surface area contributed by atoms with Gasteiger partial charge in [0.05, 0.1) is 0 Å². The molecule has 0 aromatic heterocycles. The molecule has 0 nitrogen and oxygen atoms in total. The molecular weight excluding hydrogens is 237 g/mol. The maximum atomic E-state index is 3.72. The number of rotatable bonds is 3. The molecule has 0 aromatic carbocycles. The summed E-state index contributed by atoms with van der Waals surface area (Å²) >= 11 is 0. The summed E-state index contributed by atoms with van der Waals surface area (Å²) in [6.07, 6.45) is 5.07. The van der Waals surface area contributed by atoms with Crippen LogP contribution in [0.15, 0.2) is 0 Å². The molecule has 0 aliphatic carbocycles. The van der Waals surface area contributed by atoms with E-state index in [1.165, 1.54) is 19.3 Å². The summed E-state index contributed by atoms with van der Waals surface area (Å²) in [7, 11) is 0. The van der Waals surface area contributed by atoms with Crippen LogP contribution in [-0.4, -0.2) is 0 Å². The molecule has 0 aliphatic heterocycles. The SMILES string of the molecule is [CH2]CCCCC.[Ho]. The molecule has 0 aliphatic rings. The van der Waals surface area contributed by atoms with E-state index in [0.717, 1.165) is 6.42 Å². The van der Waals surface area contributed by atoms with E-state index in [1.54, 1.807) is 0 Å². The normalized spacial score (nSPS) is 7.71. The fourth-order valence-corrected chi connectivity index (χ4v) is 0.427. The summed E-state index contributed by atoms with van der Waals surface area (Å²) in [4.78, 5) is 0. The molecule has 1 heteroatoms. The second kappa shape index (κ2) is 10.3. The Morgan fingerprint density at radius 3 is 2.00 bits per heavy atom. The van der Waals surface area contributed by atoms with Gasteiger partial charge in [0.25, 0.3) is 0 Å². The third kappa shape index (κ3) is 11.1. The molecule has 0 unspecified atom stereocenters. The van der Waals surface area contributed by atoms with E-state index in [-0.39, 0.29) is 37.7 Å². The predicted octanol–water partition coefficient (Wildman–Crippen LogP) is 2.40. The molecule has 0 atom stereocenters. The molecule has 0 amide bonds. The maximum Gasteiger partial charge on any atom is 0 e. The molecule has 0 spiro atoms. The van der Waals surface area contributed by atoms with E-state index < -0.39 is 0 Å². The summed E-state index contributed by atoms with van der Waals surface area (Å²) in [6, 6.07) is 0. The van der Waals surface area contributed by atoms with Crippen molar-refractivity contribution in [1.29, 1.82) is 0 Å². The van der Waals surface area contributed by atoms with Crippen molar-refractivity contribution in [1.82, 2.24) is 0 Å². The van der Waals surface area contributed by atoms with Crippen LogP contribution in [0.5, 0.6) is 0 Å². The molecule has 0 N–H and O–H groups in total. The third-order valence-corrected chi connectivity index (χ3v) is 0.854. The van der Waals surface area contributed by atoms with Crippen molar-refractivity contribution in [3.63, 3.8) is 0 Å². The molecule has 7 heavy (non-hydrogen) atoms. The van der Waals surface area contributed by atoms with Gasteiger partial charge in [-0.1, -0.05) is 39.5 Å². The van der Waals surface area contributed by atoms with Gasteiger partial charge in [-0.05, 0) is 0 Å². The van der Waals surface area contributed by atoms with Crippen molar-refractivity contribution in [2.45, 2.75) is 32.6 Å². The van der Waals surface area contributed by atoms with Gasteiger partial charge in [0.1, 0.15) is 0 Å². The Morgan fingerprint density at radius 2 is 1.86 bits per heavy atom. The van der Waals surface area contributed by atoms with Crippen molar-refractivity contribution >= 4 is 0 Å². The van der Waals surface area contributed by atoms with Gasteiger partial charge in [0, 0.05) is 37.7 Å². The Bertz CT molecular complexity index is 16.1. The Hall–Kier alpha value is 1.26. The zero-order valence-corrected chi connectivity index (χ0v) is 6.77. The van der Waals surface area contributed by atoms with E-state index in [1.807, 2.05) is 0 Å². The van der Waals surface area contributed by atoms with Crippen LogP contribution in [-0.2, 0) is 0 Å². The van der Waals surface area contributed by atoms with E-state index >= 15 is 0 Å². The van der Waals surface area contributed by atoms with E-state index in [9.17, 15) is 0 Å². The number of unbranched alkanes of at least 4 members (excludes halogenated alkanes) is 3. The zero-order valence-electron chi connectivity index (χ0n) is 4.84. The summed E-state index contributed by atoms with van der Waals surface area (Å²) in [6.45, 7) is 5.93. The van der Waals surface area contributed by atoms with Gasteiger partial charge in [0.15, 0.2) is 0 Å². The first-order chi connectivity index (χ1) is 2.91. The van der Waals surface area contributed by atoms with Crippen molar-refractivity contribution in [3.8, 4) is 0 Å². The molecule has 0 aromatic rings. The number of hydrogen-bond acceptors (Lipinski definition) is 0. The molecule has 0 rings (SSSR count). The van der Waals surface area contributed by atoms with Crippen LogP contribution in [0.3, 0.4) is 0 Å². The van der Waals surface area contributed by atoms with Gasteiger partial charge in [0.2, 0.25) is 0 Å². The predicted molar refractivity (Wildman–Crippen MR) is 29.5 cm³/mol. The quantitative estimate of drug-likeness (QED) is 0.533.